The summed E-state index contributed by atoms with van der Waals surface area (Å²) < 4.78 is 28.5. The van der Waals surface area contributed by atoms with E-state index in [2.05, 4.69) is 6.92 Å². The summed E-state index contributed by atoms with van der Waals surface area (Å²) >= 11 is 0. The van der Waals surface area contributed by atoms with Crippen LogP contribution in [0.25, 0.3) is 0 Å². The summed E-state index contributed by atoms with van der Waals surface area (Å²) in [6.07, 6.45) is 6.73. The summed E-state index contributed by atoms with van der Waals surface area (Å²) in [7, 11) is -3.60. The predicted molar refractivity (Wildman–Crippen MR) is 73.0 cm³/mol. The minimum Gasteiger partial charge on any atom is -0.266 e. The van der Waals surface area contributed by atoms with Crippen molar-refractivity contribution in [3.8, 4) is 0 Å². The Kier molecular flexibility index (Phi) is 6.09. The minimum atomic E-state index is -3.60. The van der Waals surface area contributed by atoms with Crippen LogP contribution in [0.2, 0.25) is 0 Å². The van der Waals surface area contributed by atoms with Gasteiger partial charge in [0.15, 0.2) is 0 Å². The van der Waals surface area contributed by atoms with Crippen molar-refractivity contribution >= 4 is 10.1 Å². The molecule has 1 rings (SSSR count). The molecule has 0 aliphatic carbocycles. The second-order valence-electron chi connectivity index (χ2n) is 4.14. The van der Waals surface area contributed by atoms with Gasteiger partial charge >= 0.3 is 0 Å². The molecule has 0 fully saturated rings. The van der Waals surface area contributed by atoms with Crippen LogP contribution in [-0.2, 0) is 14.3 Å². The Morgan fingerprint density at radius 1 is 1.11 bits per heavy atom. The maximum atomic E-state index is 11.8. The SMILES string of the molecule is CCC/C=C/CCOS(=O)(=O)c1ccc(C)cc1. The topological polar surface area (TPSA) is 43.4 Å². The lowest BCUT2D eigenvalue weighted by Gasteiger charge is -2.04. The molecule has 0 unspecified atom stereocenters. The predicted octanol–water partition coefficient (Wildman–Crippen LogP) is 3.45. The molecule has 4 heteroatoms. The lowest BCUT2D eigenvalue weighted by atomic mass is 10.2. The molecule has 1 aromatic rings. The fourth-order valence-corrected chi connectivity index (χ4v) is 2.32. The van der Waals surface area contributed by atoms with Crippen molar-refractivity contribution in [1.29, 1.82) is 0 Å². The highest BCUT2D eigenvalue weighted by Gasteiger charge is 2.13. The summed E-state index contributed by atoms with van der Waals surface area (Å²) in [6, 6.07) is 6.66. The van der Waals surface area contributed by atoms with Gasteiger partial charge in [0.05, 0.1) is 11.5 Å². The number of allylic oxidation sites excluding steroid dienone is 1. The third kappa shape index (κ3) is 5.02. The van der Waals surface area contributed by atoms with Crippen LogP contribution in [0.4, 0.5) is 0 Å². The molecule has 0 saturated heterocycles. The Hall–Kier alpha value is -1.13. The van der Waals surface area contributed by atoms with Gasteiger partial charge < -0.3 is 0 Å². The summed E-state index contributed by atoms with van der Waals surface area (Å²) in [6.45, 7) is 4.20. The van der Waals surface area contributed by atoms with Crippen molar-refractivity contribution < 1.29 is 12.6 Å². The zero-order chi connectivity index (χ0) is 13.4. The Labute approximate surface area is 110 Å². The van der Waals surface area contributed by atoms with Gasteiger partial charge in [-0.05, 0) is 31.9 Å². The Morgan fingerprint density at radius 2 is 1.72 bits per heavy atom. The van der Waals surface area contributed by atoms with Crippen LogP contribution >= 0.6 is 0 Å². The van der Waals surface area contributed by atoms with Gasteiger partial charge in [0.25, 0.3) is 10.1 Å². The van der Waals surface area contributed by atoms with Crippen molar-refractivity contribution in [2.45, 2.75) is 38.0 Å². The highest BCUT2D eigenvalue weighted by atomic mass is 32.2. The number of hydrogen-bond acceptors (Lipinski definition) is 3. The van der Waals surface area contributed by atoms with Crippen LogP contribution in [0.1, 0.15) is 31.7 Å². The molecular formula is C14H20O3S. The summed E-state index contributed by atoms with van der Waals surface area (Å²) in [5.41, 5.74) is 1.02. The van der Waals surface area contributed by atoms with Gasteiger partial charge in [0.1, 0.15) is 0 Å². The first-order chi connectivity index (χ1) is 8.56. The lowest BCUT2D eigenvalue weighted by Crippen LogP contribution is -2.07. The number of aryl methyl sites for hydroxylation is 1. The van der Waals surface area contributed by atoms with Crippen LogP contribution in [0.15, 0.2) is 41.3 Å². The Balaban J connectivity index is 2.48. The van der Waals surface area contributed by atoms with E-state index in [9.17, 15) is 8.42 Å². The van der Waals surface area contributed by atoms with E-state index < -0.39 is 10.1 Å². The average molecular weight is 268 g/mol. The molecule has 0 atom stereocenters. The quantitative estimate of drug-likeness (QED) is 0.432. The Bertz CT molecular complexity index is 472. The normalized spacial score (nSPS) is 12.1. The maximum Gasteiger partial charge on any atom is 0.296 e. The van der Waals surface area contributed by atoms with Crippen LogP contribution in [0, 0.1) is 6.92 Å². The number of hydrogen-bond donors (Lipinski definition) is 0. The smallest absolute Gasteiger partial charge is 0.266 e. The molecule has 0 amide bonds. The van der Waals surface area contributed by atoms with Crippen molar-refractivity contribution in [2.24, 2.45) is 0 Å². The molecule has 0 N–H and O–H groups in total. The third-order valence-corrected chi connectivity index (χ3v) is 3.78. The molecule has 18 heavy (non-hydrogen) atoms. The van der Waals surface area contributed by atoms with Crippen LogP contribution in [-0.4, -0.2) is 15.0 Å². The molecule has 0 aliphatic rings. The molecule has 0 aliphatic heterocycles. The van der Waals surface area contributed by atoms with E-state index >= 15 is 0 Å². The molecule has 0 bridgehead atoms. The van der Waals surface area contributed by atoms with Crippen LogP contribution in [0.5, 0.6) is 0 Å². The second kappa shape index (κ2) is 7.34. The first-order valence-corrected chi connectivity index (χ1v) is 7.58. The van der Waals surface area contributed by atoms with Gasteiger partial charge in [-0.2, -0.15) is 8.42 Å². The highest BCUT2D eigenvalue weighted by Crippen LogP contribution is 2.13. The minimum absolute atomic E-state index is 0.191. The van der Waals surface area contributed by atoms with E-state index in [-0.39, 0.29) is 11.5 Å². The van der Waals surface area contributed by atoms with E-state index in [1.807, 2.05) is 19.1 Å². The van der Waals surface area contributed by atoms with E-state index in [1.54, 1.807) is 24.3 Å². The molecule has 0 spiro atoms. The van der Waals surface area contributed by atoms with Crippen LogP contribution in [0.3, 0.4) is 0 Å². The molecule has 100 valence electrons. The van der Waals surface area contributed by atoms with Gasteiger partial charge in [-0.1, -0.05) is 43.2 Å². The third-order valence-electron chi connectivity index (χ3n) is 2.45. The van der Waals surface area contributed by atoms with Crippen LogP contribution < -0.4 is 0 Å². The van der Waals surface area contributed by atoms with Crippen molar-refractivity contribution in [3.63, 3.8) is 0 Å². The summed E-state index contributed by atoms with van der Waals surface area (Å²) in [5, 5.41) is 0. The van der Waals surface area contributed by atoms with Crippen molar-refractivity contribution in [1.82, 2.24) is 0 Å². The van der Waals surface area contributed by atoms with E-state index in [0.29, 0.717) is 6.42 Å². The number of benzene rings is 1. The molecular weight excluding hydrogens is 248 g/mol. The summed E-state index contributed by atoms with van der Waals surface area (Å²) in [5.74, 6) is 0. The Morgan fingerprint density at radius 3 is 2.33 bits per heavy atom. The van der Waals surface area contributed by atoms with Gasteiger partial charge in [-0.15, -0.1) is 0 Å². The van der Waals surface area contributed by atoms with Gasteiger partial charge in [-0.3, -0.25) is 4.18 Å². The fraction of sp³-hybridized carbons (Fsp3) is 0.429. The first-order valence-electron chi connectivity index (χ1n) is 6.17. The van der Waals surface area contributed by atoms with Crippen molar-refractivity contribution in [2.75, 3.05) is 6.61 Å². The zero-order valence-corrected chi connectivity index (χ0v) is 11.7. The lowest BCUT2D eigenvalue weighted by molar-refractivity contribution is 0.324. The van der Waals surface area contributed by atoms with Gasteiger partial charge in [0, 0.05) is 0 Å². The molecule has 0 heterocycles. The van der Waals surface area contributed by atoms with Crippen molar-refractivity contribution in [3.05, 3.63) is 42.0 Å². The second-order valence-corrected chi connectivity index (χ2v) is 5.75. The van der Waals surface area contributed by atoms with Gasteiger partial charge in [0.2, 0.25) is 0 Å². The molecule has 1 aromatic carbocycles. The van der Waals surface area contributed by atoms with Gasteiger partial charge in [-0.25, -0.2) is 0 Å². The number of rotatable bonds is 7. The summed E-state index contributed by atoms with van der Waals surface area (Å²) in [4.78, 5) is 0.214. The van der Waals surface area contributed by atoms with E-state index in [0.717, 1.165) is 18.4 Å². The standard InChI is InChI=1S/C14H20O3S/c1-3-4-5-6-7-12-17-18(15,16)14-10-8-13(2)9-11-14/h5-6,8-11H,3-4,7,12H2,1-2H3/b6-5+. The molecule has 0 saturated carbocycles. The molecule has 3 nitrogen and oxygen atoms in total. The average Bonchev–Trinajstić information content (AvgIpc) is 2.34. The number of unbranched alkanes of at least 4 members (excludes halogenated alkanes) is 1. The van der Waals surface area contributed by atoms with E-state index in [1.165, 1.54) is 0 Å². The molecule has 0 aromatic heterocycles. The fourth-order valence-electron chi connectivity index (χ4n) is 1.40. The monoisotopic (exact) mass is 268 g/mol. The first kappa shape index (κ1) is 14.9. The van der Waals surface area contributed by atoms with E-state index in [4.69, 9.17) is 4.18 Å². The zero-order valence-electron chi connectivity index (χ0n) is 10.9. The maximum absolute atomic E-state index is 11.8. The highest BCUT2D eigenvalue weighted by molar-refractivity contribution is 7.86. The largest absolute Gasteiger partial charge is 0.296 e. The molecule has 0 radical (unpaired) electrons.